The van der Waals surface area contributed by atoms with E-state index in [0.717, 1.165) is 0 Å². The van der Waals surface area contributed by atoms with Gasteiger partial charge in [-0.1, -0.05) is 43.8 Å². The Bertz CT molecular complexity index is 961. The zero-order valence-corrected chi connectivity index (χ0v) is 16.8. The minimum Gasteiger partial charge on any atom is -0.337 e. The van der Waals surface area contributed by atoms with Gasteiger partial charge in [0, 0.05) is 6.54 Å². The van der Waals surface area contributed by atoms with Crippen molar-refractivity contribution in [3.63, 3.8) is 0 Å². The van der Waals surface area contributed by atoms with Gasteiger partial charge in [0.15, 0.2) is 5.16 Å². The summed E-state index contributed by atoms with van der Waals surface area (Å²) in [5.41, 5.74) is -0.537. The normalized spacial score (nSPS) is 14.4. The second-order valence-corrected chi connectivity index (χ2v) is 8.14. The van der Waals surface area contributed by atoms with E-state index in [1.165, 1.54) is 16.3 Å². The fourth-order valence-electron chi connectivity index (χ4n) is 2.40. The number of benzene rings is 1. The lowest BCUT2D eigenvalue weighted by Crippen LogP contribution is -2.51. The third-order valence-corrected chi connectivity index (χ3v) is 5.65. The first kappa shape index (κ1) is 20.7. The molecule has 7 heteroatoms. The zero-order valence-electron chi connectivity index (χ0n) is 16.0. The lowest BCUT2D eigenvalue weighted by Gasteiger charge is -2.28. The Morgan fingerprint density at radius 2 is 2.11 bits per heavy atom. The van der Waals surface area contributed by atoms with Crippen LogP contribution in [0.5, 0.6) is 0 Å². The summed E-state index contributed by atoms with van der Waals surface area (Å²) in [6.45, 7) is 11.2. The van der Waals surface area contributed by atoms with Crippen LogP contribution in [0, 0.1) is 17.2 Å². The molecule has 0 saturated heterocycles. The van der Waals surface area contributed by atoms with Crippen molar-refractivity contribution in [1.82, 2.24) is 14.9 Å². The van der Waals surface area contributed by atoms with Crippen LogP contribution in [0.25, 0.3) is 10.9 Å². The van der Waals surface area contributed by atoms with Crippen molar-refractivity contribution in [3.05, 3.63) is 47.3 Å². The van der Waals surface area contributed by atoms with Gasteiger partial charge in [-0.15, -0.1) is 6.58 Å². The molecule has 0 aliphatic heterocycles. The van der Waals surface area contributed by atoms with Crippen LogP contribution in [0.2, 0.25) is 0 Å². The molecule has 0 aliphatic rings. The molecular weight excluding hydrogens is 360 g/mol. The molecule has 1 aromatic carbocycles. The molecule has 0 unspecified atom stereocenters. The number of allylic oxidation sites excluding steroid dienone is 1. The molecule has 0 fully saturated rings. The van der Waals surface area contributed by atoms with Gasteiger partial charge in [-0.05, 0) is 31.9 Å². The molecule has 1 amide bonds. The van der Waals surface area contributed by atoms with Gasteiger partial charge >= 0.3 is 0 Å². The van der Waals surface area contributed by atoms with E-state index in [1.807, 2.05) is 19.9 Å². The van der Waals surface area contributed by atoms with Gasteiger partial charge in [-0.25, -0.2) is 4.98 Å². The smallest absolute Gasteiger partial charge is 0.262 e. The van der Waals surface area contributed by atoms with E-state index in [9.17, 15) is 14.9 Å². The number of amides is 1. The molecule has 1 heterocycles. The van der Waals surface area contributed by atoms with Crippen LogP contribution in [0.15, 0.2) is 46.9 Å². The molecule has 0 bridgehead atoms. The second kappa shape index (κ2) is 8.40. The summed E-state index contributed by atoms with van der Waals surface area (Å²) in [7, 11) is 0. The molecular formula is C20H24N4O2S. The summed E-state index contributed by atoms with van der Waals surface area (Å²) >= 11 is 1.19. The number of hydrogen-bond donors (Lipinski definition) is 1. The Morgan fingerprint density at radius 3 is 2.70 bits per heavy atom. The van der Waals surface area contributed by atoms with E-state index >= 15 is 0 Å². The number of fused-ring (bicyclic) bond motifs is 1. The summed E-state index contributed by atoms with van der Waals surface area (Å²) in [6, 6.07) is 9.28. The van der Waals surface area contributed by atoms with Crippen LogP contribution in [0.3, 0.4) is 0 Å². The number of nitrogens with zero attached hydrogens (tertiary/aromatic N) is 3. The maximum Gasteiger partial charge on any atom is 0.262 e. The fourth-order valence-corrected chi connectivity index (χ4v) is 3.32. The molecule has 1 aromatic heterocycles. The summed E-state index contributed by atoms with van der Waals surface area (Å²) < 4.78 is 1.51. The molecule has 2 rings (SSSR count). The summed E-state index contributed by atoms with van der Waals surface area (Å²) in [5.74, 6) is -0.313. The van der Waals surface area contributed by atoms with Gasteiger partial charge in [0.05, 0.1) is 22.2 Å². The molecule has 2 atom stereocenters. The number of thioether (sulfide) groups is 1. The van der Waals surface area contributed by atoms with Crippen molar-refractivity contribution >= 4 is 28.6 Å². The number of para-hydroxylation sites is 1. The Labute approximate surface area is 163 Å². The third kappa shape index (κ3) is 4.40. The lowest BCUT2D eigenvalue weighted by molar-refractivity contribution is -0.121. The molecule has 0 spiro atoms. The molecule has 27 heavy (non-hydrogen) atoms. The highest BCUT2D eigenvalue weighted by molar-refractivity contribution is 8.00. The first-order valence-electron chi connectivity index (χ1n) is 8.74. The van der Waals surface area contributed by atoms with Crippen LogP contribution in [-0.4, -0.2) is 26.2 Å². The Morgan fingerprint density at radius 1 is 1.44 bits per heavy atom. The molecule has 142 valence electrons. The van der Waals surface area contributed by atoms with Crippen molar-refractivity contribution in [2.24, 2.45) is 5.92 Å². The van der Waals surface area contributed by atoms with E-state index in [4.69, 9.17) is 0 Å². The number of aromatic nitrogens is 2. The zero-order chi connectivity index (χ0) is 20.2. The number of carbonyl (C=O) groups is 1. The van der Waals surface area contributed by atoms with Crippen LogP contribution < -0.4 is 10.9 Å². The van der Waals surface area contributed by atoms with Gasteiger partial charge in [0.25, 0.3) is 5.56 Å². The maximum atomic E-state index is 12.8. The van der Waals surface area contributed by atoms with Crippen molar-refractivity contribution in [2.75, 3.05) is 0 Å². The molecule has 0 saturated carbocycles. The minimum absolute atomic E-state index is 0.0404. The van der Waals surface area contributed by atoms with E-state index in [2.05, 4.69) is 22.9 Å². The van der Waals surface area contributed by atoms with Gasteiger partial charge in [0.2, 0.25) is 5.91 Å². The average molecular weight is 385 g/mol. The molecule has 0 aliphatic carbocycles. The summed E-state index contributed by atoms with van der Waals surface area (Å²) in [5, 5.41) is 12.7. The number of carbonyl (C=O) groups excluding carboxylic acids is 1. The van der Waals surface area contributed by atoms with Gasteiger partial charge in [-0.2, -0.15) is 5.26 Å². The molecule has 1 N–H and O–H groups in total. The molecule has 2 aromatic rings. The van der Waals surface area contributed by atoms with Crippen molar-refractivity contribution in [2.45, 2.75) is 50.2 Å². The summed E-state index contributed by atoms with van der Waals surface area (Å²) in [6.07, 6.45) is 1.62. The average Bonchev–Trinajstić information content (AvgIpc) is 2.64. The maximum absolute atomic E-state index is 12.8. The second-order valence-electron chi connectivity index (χ2n) is 6.83. The van der Waals surface area contributed by atoms with Gasteiger partial charge in [-0.3, -0.25) is 14.2 Å². The van der Waals surface area contributed by atoms with E-state index in [-0.39, 0.29) is 17.4 Å². The molecule has 6 nitrogen and oxygen atoms in total. The highest BCUT2D eigenvalue weighted by Crippen LogP contribution is 2.24. The highest BCUT2D eigenvalue weighted by atomic mass is 32.2. The molecule has 0 radical (unpaired) electrons. The van der Waals surface area contributed by atoms with E-state index in [0.29, 0.717) is 22.6 Å². The first-order chi connectivity index (χ1) is 12.7. The van der Waals surface area contributed by atoms with Gasteiger partial charge < -0.3 is 5.32 Å². The van der Waals surface area contributed by atoms with Crippen LogP contribution in [-0.2, 0) is 11.3 Å². The van der Waals surface area contributed by atoms with Crippen molar-refractivity contribution in [3.8, 4) is 6.07 Å². The quantitative estimate of drug-likeness (QED) is 0.450. The van der Waals surface area contributed by atoms with Crippen molar-refractivity contribution < 1.29 is 4.79 Å². The van der Waals surface area contributed by atoms with E-state index < -0.39 is 10.8 Å². The Kier molecular flexibility index (Phi) is 6.45. The van der Waals surface area contributed by atoms with Crippen LogP contribution in [0.4, 0.5) is 0 Å². The summed E-state index contributed by atoms with van der Waals surface area (Å²) in [4.78, 5) is 30.0. The largest absolute Gasteiger partial charge is 0.337 e. The predicted octanol–water partition coefficient (Wildman–Crippen LogP) is 3.12. The fraction of sp³-hybridized carbons (Fsp3) is 0.400. The number of hydrogen-bond acceptors (Lipinski definition) is 5. The lowest BCUT2D eigenvalue weighted by atomic mass is 9.90. The predicted molar refractivity (Wildman–Crippen MR) is 109 cm³/mol. The number of rotatable bonds is 7. The number of nitrogens with one attached hydrogen (secondary N) is 1. The van der Waals surface area contributed by atoms with Crippen LogP contribution >= 0.6 is 11.8 Å². The van der Waals surface area contributed by atoms with E-state index in [1.54, 1.807) is 38.1 Å². The minimum atomic E-state index is -0.955. The number of nitriles is 1. The third-order valence-electron chi connectivity index (χ3n) is 4.56. The topological polar surface area (TPSA) is 87.8 Å². The standard InChI is InChI=1S/C20H24N4O2S/c1-6-11-24-18(26)15-9-7-8-10-16(15)22-19(24)27-14(4)17(25)23-20(5,12-21)13(2)3/h6-10,13-14H,1,11H2,2-5H3,(H,23,25)/t14-,20-/m1/s1. The monoisotopic (exact) mass is 384 g/mol. The Balaban J connectivity index is 2.36. The van der Waals surface area contributed by atoms with Crippen LogP contribution in [0.1, 0.15) is 27.7 Å². The van der Waals surface area contributed by atoms with Crippen molar-refractivity contribution in [1.29, 1.82) is 5.26 Å². The van der Waals surface area contributed by atoms with Gasteiger partial charge in [0.1, 0.15) is 5.54 Å². The Hall–Kier alpha value is -2.59. The SMILES string of the molecule is C=CCn1c(S[C@H](C)C(=O)N[C@](C)(C#N)C(C)C)nc2ccccc2c1=O. The highest BCUT2D eigenvalue weighted by Gasteiger charge is 2.32. The first-order valence-corrected chi connectivity index (χ1v) is 9.62.